The van der Waals surface area contributed by atoms with Gasteiger partial charge in [0.25, 0.3) is 0 Å². The molecule has 1 aliphatic heterocycles. The second-order valence-corrected chi connectivity index (χ2v) is 9.20. The minimum absolute atomic E-state index is 0.0885. The predicted octanol–water partition coefficient (Wildman–Crippen LogP) is 5.97. The number of ether oxygens (including phenoxy) is 1. The molecule has 1 aromatic carbocycles. The first kappa shape index (κ1) is 22.9. The van der Waals surface area contributed by atoms with Crippen molar-refractivity contribution in [1.29, 1.82) is 0 Å². The number of amides is 2. The summed E-state index contributed by atoms with van der Waals surface area (Å²) in [4.78, 5) is 14.6. The third-order valence-electron chi connectivity index (χ3n) is 6.89. The molecule has 1 saturated carbocycles. The van der Waals surface area contributed by atoms with Gasteiger partial charge in [0.2, 0.25) is 0 Å². The van der Waals surface area contributed by atoms with Crippen LogP contribution in [0, 0.1) is 5.92 Å². The van der Waals surface area contributed by atoms with Crippen LogP contribution in [0.1, 0.15) is 84.5 Å². The van der Waals surface area contributed by atoms with E-state index in [1.54, 1.807) is 0 Å². The fourth-order valence-electron chi connectivity index (χ4n) is 5.11. The van der Waals surface area contributed by atoms with Crippen LogP contribution in [-0.2, 0) is 0 Å². The molecule has 0 radical (unpaired) electrons. The lowest BCUT2D eigenvalue weighted by molar-refractivity contribution is -0.0651. The first-order valence-electron chi connectivity index (χ1n) is 12.1. The zero-order chi connectivity index (χ0) is 21.4. The average molecular weight is 417 g/mol. The maximum atomic E-state index is 12.8. The lowest BCUT2D eigenvalue weighted by Gasteiger charge is -2.43. The van der Waals surface area contributed by atoms with E-state index in [1.165, 1.54) is 19.3 Å². The number of urea groups is 1. The van der Waals surface area contributed by atoms with Crippen molar-refractivity contribution in [2.75, 3.05) is 18.4 Å². The van der Waals surface area contributed by atoms with Crippen LogP contribution >= 0.6 is 0 Å². The van der Waals surface area contributed by atoms with Gasteiger partial charge in [0.1, 0.15) is 5.75 Å². The molecular formula is C25H40N2O3. The van der Waals surface area contributed by atoms with Gasteiger partial charge >= 0.3 is 6.03 Å². The van der Waals surface area contributed by atoms with Crippen LogP contribution in [0.3, 0.4) is 0 Å². The van der Waals surface area contributed by atoms with Gasteiger partial charge in [-0.2, -0.15) is 0 Å². The standard InChI is InChI=1S/C25H40N2O3/c1-3-9-20(10-4-2)25(29)15-17-27(18-16-25)24(28)26-21-11-8-14-23(19-21)30-22-12-6-5-7-13-22/h8,11,14,19-20,22,29H,3-7,9-10,12-13,15-18H2,1-2H3,(H,26,28). The summed E-state index contributed by atoms with van der Waals surface area (Å²) >= 11 is 0. The Balaban J connectivity index is 1.52. The number of rotatable bonds is 8. The third-order valence-corrected chi connectivity index (χ3v) is 6.89. The van der Waals surface area contributed by atoms with Crippen LogP contribution < -0.4 is 10.1 Å². The SMILES string of the molecule is CCCC(CCC)C1(O)CCN(C(=O)Nc2cccc(OC3CCCCC3)c2)CC1. The predicted molar refractivity (Wildman–Crippen MR) is 122 cm³/mol. The topological polar surface area (TPSA) is 61.8 Å². The maximum Gasteiger partial charge on any atom is 0.321 e. The molecule has 0 bridgehead atoms. The Morgan fingerprint density at radius 3 is 2.47 bits per heavy atom. The van der Waals surface area contributed by atoms with Crippen LogP contribution in [0.2, 0.25) is 0 Å². The van der Waals surface area contributed by atoms with Crippen molar-refractivity contribution in [2.45, 2.75) is 96.2 Å². The summed E-state index contributed by atoms with van der Waals surface area (Å²) in [6.07, 6.45) is 11.9. The summed E-state index contributed by atoms with van der Waals surface area (Å²) < 4.78 is 6.12. The molecule has 2 N–H and O–H groups in total. The third kappa shape index (κ3) is 6.13. The first-order valence-corrected chi connectivity index (χ1v) is 12.1. The summed E-state index contributed by atoms with van der Waals surface area (Å²) in [5, 5.41) is 14.2. The van der Waals surface area contributed by atoms with Crippen molar-refractivity contribution in [3.8, 4) is 5.75 Å². The Morgan fingerprint density at radius 1 is 1.17 bits per heavy atom. The quantitative estimate of drug-likeness (QED) is 0.548. The van der Waals surface area contributed by atoms with Crippen molar-refractivity contribution in [3.05, 3.63) is 24.3 Å². The van der Waals surface area contributed by atoms with Crippen LogP contribution in [0.5, 0.6) is 5.75 Å². The summed E-state index contributed by atoms with van der Waals surface area (Å²) in [7, 11) is 0. The molecule has 1 heterocycles. The largest absolute Gasteiger partial charge is 0.490 e. The lowest BCUT2D eigenvalue weighted by Crippen LogP contribution is -2.51. The molecule has 1 saturated heterocycles. The van der Waals surface area contributed by atoms with Gasteiger partial charge in [-0.25, -0.2) is 4.79 Å². The summed E-state index contributed by atoms with van der Waals surface area (Å²) in [5.74, 6) is 1.17. The van der Waals surface area contributed by atoms with Gasteiger partial charge in [0, 0.05) is 24.8 Å². The van der Waals surface area contributed by atoms with Crippen molar-refractivity contribution in [2.24, 2.45) is 5.92 Å². The monoisotopic (exact) mass is 416 g/mol. The molecule has 3 rings (SSSR count). The maximum absolute atomic E-state index is 12.8. The van der Waals surface area contributed by atoms with E-state index in [0.29, 0.717) is 38.0 Å². The zero-order valence-corrected chi connectivity index (χ0v) is 18.9. The van der Waals surface area contributed by atoms with Gasteiger partial charge in [-0.15, -0.1) is 0 Å². The highest BCUT2D eigenvalue weighted by atomic mass is 16.5. The Bertz CT molecular complexity index is 658. The van der Waals surface area contributed by atoms with Gasteiger partial charge in [-0.1, -0.05) is 39.2 Å². The molecule has 1 aliphatic carbocycles. The normalized spacial score (nSPS) is 19.7. The van der Waals surface area contributed by atoms with E-state index in [9.17, 15) is 9.90 Å². The van der Waals surface area contributed by atoms with E-state index >= 15 is 0 Å². The highest BCUT2D eigenvalue weighted by Gasteiger charge is 2.39. The van der Waals surface area contributed by atoms with Crippen molar-refractivity contribution in [3.63, 3.8) is 0 Å². The molecule has 2 amide bonds. The second-order valence-electron chi connectivity index (χ2n) is 9.20. The number of likely N-dealkylation sites (tertiary alicyclic amines) is 1. The van der Waals surface area contributed by atoms with E-state index in [0.717, 1.165) is 50.0 Å². The number of nitrogens with one attached hydrogen (secondary N) is 1. The van der Waals surface area contributed by atoms with Gasteiger partial charge < -0.3 is 20.1 Å². The van der Waals surface area contributed by atoms with Crippen molar-refractivity contribution < 1.29 is 14.6 Å². The summed E-state index contributed by atoms with van der Waals surface area (Å²) in [6.45, 7) is 5.57. The molecule has 30 heavy (non-hydrogen) atoms. The highest BCUT2D eigenvalue weighted by molar-refractivity contribution is 5.89. The summed E-state index contributed by atoms with van der Waals surface area (Å²) in [6, 6.07) is 7.64. The van der Waals surface area contributed by atoms with E-state index in [-0.39, 0.29) is 6.03 Å². The fraction of sp³-hybridized carbons (Fsp3) is 0.720. The fourth-order valence-corrected chi connectivity index (χ4v) is 5.11. The minimum atomic E-state index is -0.628. The number of carbonyl (C=O) groups excluding carboxylic acids is 1. The molecule has 168 valence electrons. The van der Waals surface area contributed by atoms with Gasteiger partial charge in [0.15, 0.2) is 0 Å². The minimum Gasteiger partial charge on any atom is -0.490 e. The number of piperidine rings is 1. The molecular weight excluding hydrogens is 376 g/mol. The summed E-state index contributed by atoms with van der Waals surface area (Å²) in [5.41, 5.74) is 0.139. The average Bonchev–Trinajstić information content (AvgIpc) is 2.75. The molecule has 0 spiro atoms. The zero-order valence-electron chi connectivity index (χ0n) is 18.9. The van der Waals surface area contributed by atoms with Gasteiger partial charge in [0.05, 0.1) is 11.7 Å². The number of aliphatic hydroxyl groups is 1. The number of carbonyl (C=O) groups is 1. The van der Waals surface area contributed by atoms with Crippen LogP contribution in [-0.4, -0.2) is 40.8 Å². The van der Waals surface area contributed by atoms with Gasteiger partial charge in [-0.3, -0.25) is 0 Å². The van der Waals surface area contributed by atoms with E-state index in [4.69, 9.17) is 4.74 Å². The second kappa shape index (κ2) is 11.0. The highest BCUT2D eigenvalue weighted by Crippen LogP contribution is 2.36. The smallest absolute Gasteiger partial charge is 0.321 e. The Morgan fingerprint density at radius 2 is 1.83 bits per heavy atom. The molecule has 5 nitrogen and oxygen atoms in total. The molecule has 0 atom stereocenters. The first-order chi connectivity index (χ1) is 14.5. The van der Waals surface area contributed by atoms with E-state index in [1.807, 2.05) is 29.2 Å². The molecule has 5 heteroatoms. The molecule has 0 aromatic heterocycles. The van der Waals surface area contributed by atoms with E-state index < -0.39 is 5.60 Å². The van der Waals surface area contributed by atoms with Crippen molar-refractivity contribution >= 4 is 11.7 Å². The lowest BCUT2D eigenvalue weighted by atomic mass is 9.75. The number of nitrogens with zero attached hydrogens (tertiary/aromatic N) is 1. The Labute approximate surface area is 182 Å². The molecule has 2 aliphatic rings. The van der Waals surface area contributed by atoms with Crippen LogP contribution in [0.15, 0.2) is 24.3 Å². The van der Waals surface area contributed by atoms with Crippen LogP contribution in [0.25, 0.3) is 0 Å². The Kier molecular flexibility index (Phi) is 8.43. The number of benzene rings is 1. The number of hydrogen-bond donors (Lipinski definition) is 2. The molecule has 1 aromatic rings. The van der Waals surface area contributed by atoms with Crippen molar-refractivity contribution in [1.82, 2.24) is 4.90 Å². The molecule has 2 fully saturated rings. The van der Waals surface area contributed by atoms with Crippen LogP contribution in [0.4, 0.5) is 10.5 Å². The Hall–Kier alpha value is -1.75. The molecule has 0 unspecified atom stereocenters. The van der Waals surface area contributed by atoms with Gasteiger partial charge in [-0.05, 0) is 69.4 Å². The number of anilines is 1. The number of hydrogen-bond acceptors (Lipinski definition) is 3. The van der Waals surface area contributed by atoms with E-state index in [2.05, 4.69) is 19.2 Å².